The average molecular weight is 479 g/mol. The number of aliphatic hydroxyl groups is 1. The molecule has 7 nitrogen and oxygen atoms in total. The number of carbonyl (C=O) groups is 3. The van der Waals surface area contributed by atoms with Crippen LogP contribution in [0, 0.1) is 11.8 Å². The van der Waals surface area contributed by atoms with E-state index in [0.29, 0.717) is 19.3 Å². The molecule has 1 aliphatic heterocycles. The van der Waals surface area contributed by atoms with E-state index in [4.69, 9.17) is 4.74 Å². The van der Waals surface area contributed by atoms with Crippen LogP contribution in [0.1, 0.15) is 43.4 Å². The Morgan fingerprint density at radius 1 is 1.03 bits per heavy atom. The van der Waals surface area contributed by atoms with Crippen molar-refractivity contribution in [2.24, 2.45) is 11.8 Å². The van der Waals surface area contributed by atoms with Crippen LogP contribution in [0.4, 0.5) is 0 Å². The summed E-state index contributed by atoms with van der Waals surface area (Å²) in [5.41, 5.74) is 1.84. The van der Waals surface area contributed by atoms with Crippen molar-refractivity contribution in [2.45, 2.75) is 44.8 Å². The maximum absolute atomic E-state index is 13.2. The van der Waals surface area contributed by atoms with Crippen molar-refractivity contribution < 1.29 is 24.2 Å². The highest BCUT2D eigenvalue weighted by atomic mass is 16.5. The van der Waals surface area contributed by atoms with Crippen molar-refractivity contribution in [3.8, 4) is 0 Å². The lowest BCUT2D eigenvalue weighted by molar-refractivity contribution is -0.154. The molecule has 4 atom stereocenters. The average Bonchev–Trinajstić information content (AvgIpc) is 2.87. The third-order valence-electron chi connectivity index (χ3n) is 6.04. The topological polar surface area (TPSA) is 105 Å². The fourth-order valence-electron chi connectivity index (χ4n) is 4.04. The first-order valence-electron chi connectivity index (χ1n) is 12.1. The van der Waals surface area contributed by atoms with Crippen LogP contribution in [-0.2, 0) is 25.5 Å². The van der Waals surface area contributed by atoms with Gasteiger partial charge in [0.05, 0.1) is 25.0 Å². The third kappa shape index (κ3) is 8.37. The van der Waals surface area contributed by atoms with Gasteiger partial charge in [-0.05, 0) is 37.3 Å². The molecule has 3 N–H and O–H groups in total. The predicted molar refractivity (Wildman–Crippen MR) is 133 cm³/mol. The number of hydrogen-bond acceptors (Lipinski definition) is 5. The summed E-state index contributed by atoms with van der Waals surface area (Å²) in [6.45, 7) is 1.64. The molecule has 2 aromatic rings. The van der Waals surface area contributed by atoms with Crippen LogP contribution < -0.4 is 10.6 Å². The van der Waals surface area contributed by atoms with E-state index in [0.717, 1.165) is 11.1 Å². The highest BCUT2D eigenvalue weighted by Gasteiger charge is 2.27. The van der Waals surface area contributed by atoms with Crippen molar-refractivity contribution in [3.05, 3.63) is 83.9 Å². The SMILES string of the molecule is C[C@H](CO)NC(=O)C[C@H]1CC=CC[C@@H](Cc2ccccc2)C(=O)O[C@@H](c2ccccc2)CNC1=O. The second-order valence-corrected chi connectivity index (χ2v) is 8.96. The lowest BCUT2D eigenvalue weighted by Gasteiger charge is -2.24. The van der Waals surface area contributed by atoms with Crippen LogP contribution in [-0.4, -0.2) is 42.1 Å². The van der Waals surface area contributed by atoms with Gasteiger partial charge in [-0.3, -0.25) is 14.4 Å². The number of carbonyl (C=O) groups excluding carboxylic acids is 3. The first kappa shape index (κ1) is 26.2. The van der Waals surface area contributed by atoms with Crippen molar-refractivity contribution in [2.75, 3.05) is 13.2 Å². The largest absolute Gasteiger partial charge is 0.455 e. The van der Waals surface area contributed by atoms with E-state index in [9.17, 15) is 19.5 Å². The van der Waals surface area contributed by atoms with Crippen molar-refractivity contribution >= 4 is 17.8 Å². The molecule has 1 aliphatic rings. The quantitative estimate of drug-likeness (QED) is 0.419. The molecule has 0 spiro atoms. The molecule has 186 valence electrons. The summed E-state index contributed by atoms with van der Waals surface area (Å²) in [4.78, 5) is 38.6. The first-order valence-corrected chi connectivity index (χ1v) is 12.1. The van der Waals surface area contributed by atoms with E-state index in [2.05, 4.69) is 10.6 Å². The highest BCUT2D eigenvalue weighted by molar-refractivity contribution is 5.86. The molecule has 3 rings (SSSR count). The highest BCUT2D eigenvalue weighted by Crippen LogP contribution is 2.23. The number of aliphatic hydroxyl groups excluding tert-OH is 1. The minimum Gasteiger partial charge on any atom is -0.455 e. The second-order valence-electron chi connectivity index (χ2n) is 8.96. The molecule has 2 amide bonds. The summed E-state index contributed by atoms with van der Waals surface area (Å²) in [5.74, 6) is -1.82. The molecule has 0 saturated carbocycles. The van der Waals surface area contributed by atoms with Gasteiger partial charge in [-0.25, -0.2) is 0 Å². The van der Waals surface area contributed by atoms with Crippen LogP contribution in [0.25, 0.3) is 0 Å². The summed E-state index contributed by atoms with van der Waals surface area (Å²) in [6.07, 6.45) is 4.50. The van der Waals surface area contributed by atoms with Crippen LogP contribution in [0.5, 0.6) is 0 Å². The Morgan fingerprint density at radius 2 is 1.66 bits per heavy atom. The standard InChI is InChI=1S/C28H34N2O5/c1-20(19-31)30-26(32)17-23-14-8-9-15-24(16-21-10-4-2-5-11-21)28(34)35-25(18-29-27(23)33)22-12-6-3-7-13-22/h2-13,20,23-25,31H,14-19H2,1H3,(H,29,33)(H,30,32)/t20-,23-,24+,25-/m1/s1. The molecule has 0 fully saturated rings. The fourth-order valence-corrected chi connectivity index (χ4v) is 4.04. The summed E-state index contributed by atoms with van der Waals surface area (Å²) < 4.78 is 5.93. The zero-order valence-electron chi connectivity index (χ0n) is 20.1. The molecule has 0 aromatic heterocycles. The fraction of sp³-hybridized carbons (Fsp3) is 0.393. The molecule has 0 saturated heterocycles. The summed E-state index contributed by atoms with van der Waals surface area (Å²) in [7, 11) is 0. The normalized spacial score (nSPS) is 22.2. The predicted octanol–water partition coefficient (Wildman–Crippen LogP) is 3.10. The zero-order valence-corrected chi connectivity index (χ0v) is 20.1. The van der Waals surface area contributed by atoms with Crippen molar-refractivity contribution in [1.29, 1.82) is 0 Å². The van der Waals surface area contributed by atoms with Crippen LogP contribution in [0.15, 0.2) is 72.8 Å². The number of allylic oxidation sites excluding steroid dienone is 2. The Bertz CT molecular complexity index is 993. The minimum atomic E-state index is -0.641. The summed E-state index contributed by atoms with van der Waals surface area (Å²) >= 11 is 0. The maximum atomic E-state index is 13.2. The number of cyclic esters (lactones) is 1. The summed E-state index contributed by atoms with van der Waals surface area (Å²) in [5, 5.41) is 14.8. The molecule has 1 heterocycles. The van der Waals surface area contributed by atoms with Crippen LogP contribution >= 0.6 is 0 Å². The lowest BCUT2D eigenvalue weighted by atomic mass is 9.94. The van der Waals surface area contributed by atoms with Gasteiger partial charge in [0.1, 0.15) is 6.10 Å². The Labute approximate surface area is 206 Å². The summed E-state index contributed by atoms with van der Waals surface area (Å²) in [6, 6.07) is 18.8. The maximum Gasteiger partial charge on any atom is 0.310 e. The molecule has 0 bridgehead atoms. The number of ether oxygens (including phenoxy) is 1. The molecule has 0 radical (unpaired) electrons. The molecule has 0 aliphatic carbocycles. The third-order valence-corrected chi connectivity index (χ3v) is 6.04. The van der Waals surface area contributed by atoms with E-state index in [1.807, 2.05) is 72.8 Å². The molecule has 7 heteroatoms. The Hall–Kier alpha value is -3.45. The molecule has 2 aromatic carbocycles. The monoisotopic (exact) mass is 478 g/mol. The number of esters is 1. The van der Waals surface area contributed by atoms with E-state index in [-0.39, 0.29) is 49.3 Å². The number of amides is 2. The number of nitrogens with one attached hydrogen (secondary N) is 2. The van der Waals surface area contributed by atoms with Gasteiger partial charge in [0.2, 0.25) is 11.8 Å². The van der Waals surface area contributed by atoms with E-state index in [1.54, 1.807) is 6.92 Å². The van der Waals surface area contributed by atoms with Gasteiger partial charge in [0.25, 0.3) is 0 Å². The number of hydrogen-bond donors (Lipinski definition) is 3. The van der Waals surface area contributed by atoms with E-state index < -0.39 is 12.0 Å². The Kier molecular flexibility index (Phi) is 10.0. The Morgan fingerprint density at radius 3 is 2.31 bits per heavy atom. The molecule has 0 unspecified atom stereocenters. The van der Waals surface area contributed by atoms with Gasteiger partial charge in [-0.1, -0.05) is 72.8 Å². The van der Waals surface area contributed by atoms with E-state index in [1.165, 1.54) is 0 Å². The minimum absolute atomic E-state index is 0.00372. The smallest absolute Gasteiger partial charge is 0.310 e. The Balaban J connectivity index is 1.81. The van der Waals surface area contributed by atoms with Gasteiger partial charge >= 0.3 is 5.97 Å². The number of benzene rings is 2. The number of rotatable bonds is 7. The van der Waals surface area contributed by atoms with Crippen molar-refractivity contribution in [1.82, 2.24) is 10.6 Å². The first-order chi connectivity index (χ1) is 17.0. The van der Waals surface area contributed by atoms with Crippen molar-refractivity contribution in [3.63, 3.8) is 0 Å². The van der Waals surface area contributed by atoms with Gasteiger partial charge in [-0.2, -0.15) is 0 Å². The molecule has 35 heavy (non-hydrogen) atoms. The van der Waals surface area contributed by atoms with Gasteiger partial charge in [-0.15, -0.1) is 0 Å². The van der Waals surface area contributed by atoms with Gasteiger partial charge < -0.3 is 20.5 Å². The lowest BCUT2D eigenvalue weighted by Crippen LogP contribution is -2.40. The van der Waals surface area contributed by atoms with E-state index >= 15 is 0 Å². The van der Waals surface area contributed by atoms with Crippen LogP contribution in [0.3, 0.4) is 0 Å². The van der Waals surface area contributed by atoms with Gasteiger partial charge in [0.15, 0.2) is 0 Å². The molecular formula is C28H34N2O5. The molecular weight excluding hydrogens is 444 g/mol. The second kappa shape index (κ2) is 13.4. The van der Waals surface area contributed by atoms with Gasteiger partial charge in [0, 0.05) is 12.5 Å². The van der Waals surface area contributed by atoms with Crippen LogP contribution in [0.2, 0.25) is 0 Å². The zero-order chi connectivity index (χ0) is 25.0.